The maximum absolute atomic E-state index is 5.36. The van der Waals surface area contributed by atoms with Gasteiger partial charge in [0.05, 0.1) is 10.9 Å². The smallest absolute Gasteiger partial charge is 0.225 e. The molecule has 0 N–H and O–H groups in total. The minimum absolute atomic E-state index is 0.638. The maximum atomic E-state index is 5.36. The summed E-state index contributed by atoms with van der Waals surface area (Å²) in [5.74, 6) is 0.638. The van der Waals surface area contributed by atoms with Crippen molar-refractivity contribution in [2.24, 2.45) is 4.99 Å². The van der Waals surface area contributed by atoms with Gasteiger partial charge in [0.2, 0.25) is 5.55 Å². The van der Waals surface area contributed by atoms with E-state index in [4.69, 9.17) is 4.42 Å². The topological polar surface area (TPSA) is 38.4 Å². The number of aryl methyl sites for hydroxylation is 1. The number of aromatic nitrogens is 1. The standard InChI is InChI=1S/C10H10N2O/c1-7-12-9-6-4-3-5-8(9)10(11-2)13-7/h3-6H,1-2H3/b11-10-. The number of hydrogen-bond donors (Lipinski definition) is 0. The van der Waals surface area contributed by atoms with Crippen molar-refractivity contribution in [1.82, 2.24) is 4.98 Å². The Balaban J connectivity index is 2.99. The van der Waals surface area contributed by atoms with E-state index in [2.05, 4.69) is 9.98 Å². The van der Waals surface area contributed by atoms with Crippen LogP contribution < -0.4 is 5.55 Å². The summed E-state index contributed by atoms with van der Waals surface area (Å²) in [4.78, 5) is 8.31. The first-order valence-corrected chi connectivity index (χ1v) is 4.10. The highest BCUT2D eigenvalue weighted by molar-refractivity contribution is 5.76. The lowest BCUT2D eigenvalue weighted by molar-refractivity contribution is 0.453. The van der Waals surface area contributed by atoms with Crippen molar-refractivity contribution in [3.63, 3.8) is 0 Å². The zero-order valence-electron chi connectivity index (χ0n) is 7.61. The van der Waals surface area contributed by atoms with Gasteiger partial charge in [0, 0.05) is 14.0 Å². The summed E-state index contributed by atoms with van der Waals surface area (Å²) in [6.45, 7) is 1.82. The van der Waals surface area contributed by atoms with Crippen molar-refractivity contribution >= 4 is 10.9 Å². The predicted molar refractivity (Wildman–Crippen MR) is 50.2 cm³/mol. The van der Waals surface area contributed by atoms with Gasteiger partial charge in [0.15, 0.2) is 5.89 Å². The van der Waals surface area contributed by atoms with Crippen molar-refractivity contribution in [2.45, 2.75) is 6.92 Å². The summed E-state index contributed by atoms with van der Waals surface area (Å²) in [6.07, 6.45) is 0. The second kappa shape index (κ2) is 3.01. The minimum atomic E-state index is 0.638. The van der Waals surface area contributed by atoms with Crippen molar-refractivity contribution in [2.75, 3.05) is 7.05 Å². The highest BCUT2D eigenvalue weighted by Gasteiger charge is 1.98. The molecule has 0 amide bonds. The molecule has 0 saturated heterocycles. The highest BCUT2D eigenvalue weighted by atomic mass is 16.3. The first kappa shape index (κ1) is 7.98. The van der Waals surface area contributed by atoms with Gasteiger partial charge in [-0.1, -0.05) is 12.1 Å². The molecule has 0 aliphatic carbocycles. The van der Waals surface area contributed by atoms with Gasteiger partial charge in [0.25, 0.3) is 0 Å². The first-order valence-electron chi connectivity index (χ1n) is 4.10. The third kappa shape index (κ3) is 1.33. The van der Waals surface area contributed by atoms with Crippen LogP contribution in [0.15, 0.2) is 33.7 Å². The van der Waals surface area contributed by atoms with Crippen LogP contribution in [0.1, 0.15) is 5.89 Å². The Labute approximate surface area is 75.8 Å². The highest BCUT2D eigenvalue weighted by Crippen LogP contribution is 2.06. The molecule has 2 rings (SSSR count). The molecular formula is C10H10N2O. The largest absolute Gasteiger partial charge is 0.425 e. The molecule has 0 aliphatic rings. The van der Waals surface area contributed by atoms with Crippen LogP contribution in [0.2, 0.25) is 0 Å². The first-order chi connectivity index (χ1) is 6.31. The molecular weight excluding hydrogens is 164 g/mol. The average molecular weight is 174 g/mol. The van der Waals surface area contributed by atoms with Crippen molar-refractivity contribution < 1.29 is 4.42 Å². The molecule has 3 nitrogen and oxygen atoms in total. The average Bonchev–Trinajstić information content (AvgIpc) is 2.16. The molecule has 1 aromatic heterocycles. The number of nitrogens with zero attached hydrogens (tertiary/aromatic N) is 2. The molecule has 0 spiro atoms. The van der Waals surface area contributed by atoms with Gasteiger partial charge in [-0.2, -0.15) is 0 Å². The number of fused-ring (bicyclic) bond motifs is 1. The van der Waals surface area contributed by atoms with E-state index < -0.39 is 0 Å². The van der Waals surface area contributed by atoms with Crippen LogP contribution in [0, 0.1) is 6.92 Å². The Bertz CT molecular complexity index is 499. The van der Waals surface area contributed by atoms with Crippen LogP contribution in [-0.4, -0.2) is 12.0 Å². The van der Waals surface area contributed by atoms with Gasteiger partial charge in [-0.25, -0.2) is 4.98 Å². The summed E-state index contributed by atoms with van der Waals surface area (Å²) in [5.41, 5.74) is 1.56. The van der Waals surface area contributed by atoms with Gasteiger partial charge in [-0.3, -0.25) is 4.99 Å². The fourth-order valence-electron chi connectivity index (χ4n) is 1.31. The summed E-state index contributed by atoms with van der Waals surface area (Å²) < 4.78 is 5.36. The van der Waals surface area contributed by atoms with Gasteiger partial charge < -0.3 is 4.42 Å². The van der Waals surface area contributed by atoms with E-state index in [0.717, 1.165) is 10.9 Å². The molecule has 0 aliphatic heterocycles. The van der Waals surface area contributed by atoms with Crippen molar-refractivity contribution in [3.05, 3.63) is 35.7 Å². The normalized spacial score (nSPS) is 12.3. The number of hydrogen-bond acceptors (Lipinski definition) is 3. The third-order valence-electron chi connectivity index (χ3n) is 1.86. The lowest BCUT2D eigenvalue weighted by Crippen LogP contribution is -2.04. The Hall–Kier alpha value is -1.64. The summed E-state index contributed by atoms with van der Waals surface area (Å²) in [6, 6.07) is 7.80. The van der Waals surface area contributed by atoms with Crippen LogP contribution >= 0.6 is 0 Å². The summed E-state index contributed by atoms with van der Waals surface area (Å²) in [5, 5.41) is 0.954. The monoisotopic (exact) mass is 174 g/mol. The van der Waals surface area contributed by atoms with Gasteiger partial charge in [-0.05, 0) is 12.1 Å². The van der Waals surface area contributed by atoms with E-state index in [1.807, 2.05) is 31.2 Å². The SMILES string of the molecule is C/N=c1\oc(C)nc2ccccc12. The summed E-state index contributed by atoms with van der Waals surface area (Å²) in [7, 11) is 1.71. The number of benzene rings is 1. The van der Waals surface area contributed by atoms with Gasteiger partial charge in [0.1, 0.15) is 0 Å². The second-order valence-corrected chi connectivity index (χ2v) is 2.78. The second-order valence-electron chi connectivity index (χ2n) is 2.78. The summed E-state index contributed by atoms with van der Waals surface area (Å²) >= 11 is 0. The van der Waals surface area contributed by atoms with Crippen molar-refractivity contribution in [1.29, 1.82) is 0 Å². The lowest BCUT2D eigenvalue weighted by atomic mass is 10.2. The van der Waals surface area contributed by atoms with Crippen LogP contribution in [0.3, 0.4) is 0 Å². The fraction of sp³-hybridized carbons (Fsp3) is 0.200. The Morgan fingerprint density at radius 2 is 2.08 bits per heavy atom. The molecule has 0 atom stereocenters. The molecule has 0 bridgehead atoms. The molecule has 0 radical (unpaired) electrons. The predicted octanol–water partition coefficient (Wildman–Crippen LogP) is 1.67. The Morgan fingerprint density at radius 3 is 2.85 bits per heavy atom. The molecule has 1 heterocycles. The number of para-hydroxylation sites is 1. The molecule has 13 heavy (non-hydrogen) atoms. The molecule has 66 valence electrons. The van der Waals surface area contributed by atoms with E-state index in [1.54, 1.807) is 7.05 Å². The van der Waals surface area contributed by atoms with Gasteiger partial charge in [-0.15, -0.1) is 0 Å². The zero-order chi connectivity index (χ0) is 9.26. The van der Waals surface area contributed by atoms with Crippen molar-refractivity contribution in [3.8, 4) is 0 Å². The molecule has 2 aromatic rings. The van der Waals surface area contributed by atoms with E-state index in [0.29, 0.717) is 11.4 Å². The van der Waals surface area contributed by atoms with E-state index in [1.165, 1.54) is 0 Å². The molecule has 0 fully saturated rings. The Kier molecular flexibility index (Phi) is 1.85. The maximum Gasteiger partial charge on any atom is 0.225 e. The quantitative estimate of drug-likeness (QED) is 0.609. The van der Waals surface area contributed by atoms with E-state index in [9.17, 15) is 0 Å². The van der Waals surface area contributed by atoms with E-state index in [-0.39, 0.29) is 0 Å². The minimum Gasteiger partial charge on any atom is -0.425 e. The third-order valence-corrected chi connectivity index (χ3v) is 1.86. The molecule has 3 heteroatoms. The zero-order valence-corrected chi connectivity index (χ0v) is 7.61. The molecule has 0 saturated carbocycles. The number of rotatable bonds is 0. The molecule has 0 unspecified atom stereocenters. The van der Waals surface area contributed by atoms with Crippen LogP contribution in [0.25, 0.3) is 10.9 Å². The van der Waals surface area contributed by atoms with E-state index >= 15 is 0 Å². The van der Waals surface area contributed by atoms with Crippen LogP contribution in [-0.2, 0) is 0 Å². The van der Waals surface area contributed by atoms with Crippen LogP contribution in [0.5, 0.6) is 0 Å². The molecule has 1 aromatic carbocycles. The van der Waals surface area contributed by atoms with Gasteiger partial charge >= 0.3 is 0 Å². The van der Waals surface area contributed by atoms with Crippen LogP contribution in [0.4, 0.5) is 0 Å². The Morgan fingerprint density at radius 1 is 1.31 bits per heavy atom. The lowest BCUT2D eigenvalue weighted by Gasteiger charge is -1.97. The fourth-order valence-corrected chi connectivity index (χ4v) is 1.31.